The summed E-state index contributed by atoms with van der Waals surface area (Å²) in [5.41, 5.74) is 1.71. The summed E-state index contributed by atoms with van der Waals surface area (Å²) in [6, 6.07) is 2.36. The molecule has 5 heteroatoms. The summed E-state index contributed by atoms with van der Waals surface area (Å²) in [5, 5.41) is 7.18. The standard InChI is InChI=1S/C12H12N2O2S/c1-7-11(13-6-16-7)12(15)14-10-4-9(10)8-2-3-17-5-8/h2-3,5-6,9-10H,4H2,1H3,(H,14,15)/t9-,10+/m0/s1. The molecular formula is C12H12N2O2S. The Hall–Kier alpha value is -1.62. The second-order valence-electron chi connectivity index (χ2n) is 4.24. The number of rotatable bonds is 3. The molecule has 2 aromatic rings. The van der Waals surface area contributed by atoms with E-state index in [0.717, 1.165) is 6.42 Å². The molecule has 0 aromatic carbocycles. The lowest BCUT2D eigenvalue weighted by Crippen LogP contribution is -2.27. The van der Waals surface area contributed by atoms with Gasteiger partial charge in [-0.05, 0) is 35.7 Å². The number of hydrogen-bond donors (Lipinski definition) is 1. The summed E-state index contributed by atoms with van der Waals surface area (Å²) >= 11 is 1.69. The van der Waals surface area contributed by atoms with Gasteiger partial charge in [-0.15, -0.1) is 0 Å². The second-order valence-corrected chi connectivity index (χ2v) is 5.02. The summed E-state index contributed by atoms with van der Waals surface area (Å²) in [6.45, 7) is 1.74. The number of nitrogens with zero attached hydrogens (tertiary/aromatic N) is 1. The fourth-order valence-corrected chi connectivity index (χ4v) is 2.69. The average Bonchev–Trinajstić information content (AvgIpc) is 2.77. The monoisotopic (exact) mass is 248 g/mol. The van der Waals surface area contributed by atoms with Crippen LogP contribution in [0.2, 0.25) is 0 Å². The van der Waals surface area contributed by atoms with Gasteiger partial charge in [-0.2, -0.15) is 11.3 Å². The van der Waals surface area contributed by atoms with Crippen LogP contribution in [0.15, 0.2) is 27.6 Å². The Balaban J connectivity index is 1.63. The molecule has 1 amide bonds. The first-order valence-electron chi connectivity index (χ1n) is 5.49. The molecule has 2 atom stereocenters. The molecule has 0 bridgehead atoms. The van der Waals surface area contributed by atoms with Gasteiger partial charge in [-0.25, -0.2) is 4.98 Å². The van der Waals surface area contributed by atoms with Crippen molar-refractivity contribution in [1.29, 1.82) is 0 Å². The first-order chi connectivity index (χ1) is 8.25. The van der Waals surface area contributed by atoms with Crippen molar-refractivity contribution in [2.24, 2.45) is 0 Å². The average molecular weight is 248 g/mol. The van der Waals surface area contributed by atoms with Crippen LogP contribution in [0.1, 0.15) is 34.2 Å². The van der Waals surface area contributed by atoms with Gasteiger partial charge >= 0.3 is 0 Å². The van der Waals surface area contributed by atoms with Gasteiger partial charge in [0.1, 0.15) is 5.76 Å². The quantitative estimate of drug-likeness (QED) is 0.907. The highest BCUT2D eigenvalue weighted by Gasteiger charge is 2.40. The van der Waals surface area contributed by atoms with E-state index < -0.39 is 0 Å². The maximum absolute atomic E-state index is 11.9. The third-order valence-electron chi connectivity index (χ3n) is 3.04. The maximum atomic E-state index is 11.9. The molecule has 1 fully saturated rings. The molecule has 17 heavy (non-hydrogen) atoms. The van der Waals surface area contributed by atoms with Crippen molar-refractivity contribution >= 4 is 17.2 Å². The van der Waals surface area contributed by atoms with Crippen molar-refractivity contribution in [2.45, 2.75) is 25.3 Å². The smallest absolute Gasteiger partial charge is 0.273 e. The Labute approximate surface area is 103 Å². The normalized spacial score (nSPS) is 22.4. The first kappa shape index (κ1) is 10.5. The molecular weight excluding hydrogens is 236 g/mol. The van der Waals surface area contributed by atoms with Crippen LogP contribution in [-0.4, -0.2) is 16.9 Å². The van der Waals surface area contributed by atoms with Gasteiger partial charge in [-0.1, -0.05) is 0 Å². The zero-order valence-corrected chi connectivity index (χ0v) is 10.2. The number of thiophene rings is 1. The van der Waals surface area contributed by atoms with Crippen LogP contribution < -0.4 is 5.32 Å². The maximum Gasteiger partial charge on any atom is 0.273 e. The predicted molar refractivity (Wildman–Crippen MR) is 64.2 cm³/mol. The largest absolute Gasteiger partial charge is 0.448 e. The minimum Gasteiger partial charge on any atom is -0.448 e. The van der Waals surface area contributed by atoms with Crippen molar-refractivity contribution in [1.82, 2.24) is 10.3 Å². The molecule has 2 aromatic heterocycles. The molecule has 1 aliphatic carbocycles. The molecule has 1 N–H and O–H groups in total. The summed E-state index contributed by atoms with van der Waals surface area (Å²) in [6.07, 6.45) is 2.31. The van der Waals surface area contributed by atoms with E-state index in [1.54, 1.807) is 18.3 Å². The number of oxazole rings is 1. The van der Waals surface area contributed by atoms with Gasteiger partial charge < -0.3 is 9.73 Å². The Morgan fingerprint density at radius 1 is 1.65 bits per heavy atom. The summed E-state index contributed by atoms with van der Waals surface area (Å²) in [4.78, 5) is 15.8. The van der Waals surface area contributed by atoms with Crippen LogP contribution in [0.3, 0.4) is 0 Å². The topological polar surface area (TPSA) is 55.1 Å². The lowest BCUT2D eigenvalue weighted by atomic mass is 10.2. The molecule has 0 spiro atoms. The third kappa shape index (κ3) is 1.98. The number of carbonyl (C=O) groups is 1. The van der Waals surface area contributed by atoms with Gasteiger partial charge in [0.25, 0.3) is 5.91 Å². The van der Waals surface area contributed by atoms with Crippen LogP contribution in [0.25, 0.3) is 0 Å². The van der Waals surface area contributed by atoms with Gasteiger partial charge in [-0.3, -0.25) is 4.79 Å². The third-order valence-corrected chi connectivity index (χ3v) is 3.74. The molecule has 4 nitrogen and oxygen atoms in total. The second kappa shape index (κ2) is 4.00. The molecule has 1 aliphatic rings. The van der Waals surface area contributed by atoms with E-state index in [9.17, 15) is 4.79 Å². The Kier molecular flexibility index (Phi) is 2.48. The summed E-state index contributed by atoms with van der Waals surface area (Å²) in [7, 11) is 0. The first-order valence-corrected chi connectivity index (χ1v) is 6.43. The van der Waals surface area contributed by atoms with Crippen LogP contribution >= 0.6 is 11.3 Å². The van der Waals surface area contributed by atoms with E-state index in [1.165, 1.54) is 12.0 Å². The fourth-order valence-electron chi connectivity index (χ4n) is 1.97. The van der Waals surface area contributed by atoms with Crippen molar-refractivity contribution < 1.29 is 9.21 Å². The molecule has 2 heterocycles. The molecule has 0 aliphatic heterocycles. The van der Waals surface area contributed by atoms with Crippen molar-refractivity contribution in [3.8, 4) is 0 Å². The summed E-state index contributed by atoms with van der Waals surface area (Å²) < 4.78 is 5.02. The lowest BCUT2D eigenvalue weighted by Gasteiger charge is -2.01. The zero-order valence-electron chi connectivity index (χ0n) is 9.34. The van der Waals surface area contributed by atoms with Gasteiger partial charge in [0.15, 0.2) is 12.1 Å². The van der Waals surface area contributed by atoms with E-state index in [-0.39, 0.29) is 11.9 Å². The highest BCUT2D eigenvalue weighted by molar-refractivity contribution is 7.08. The lowest BCUT2D eigenvalue weighted by molar-refractivity contribution is 0.0944. The van der Waals surface area contributed by atoms with E-state index in [0.29, 0.717) is 17.4 Å². The fraction of sp³-hybridized carbons (Fsp3) is 0.333. The molecule has 1 saturated carbocycles. The number of aryl methyl sites for hydroxylation is 1. The number of hydrogen-bond acceptors (Lipinski definition) is 4. The van der Waals surface area contributed by atoms with E-state index in [1.807, 2.05) is 0 Å². The highest BCUT2D eigenvalue weighted by atomic mass is 32.1. The molecule has 88 valence electrons. The molecule has 0 saturated heterocycles. The molecule has 0 unspecified atom stereocenters. The van der Waals surface area contributed by atoms with E-state index in [4.69, 9.17) is 4.42 Å². The number of carbonyl (C=O) groups excluding carboxylic acids is 1. The van der Waals surface area contributed by atoms with Gasteiger partial charge in [0, 0.05) is 12.0 Å². The Bertz CT molecular complexity index is 532. The van der Waals surface area contributed by atoms with Crippen LogP contribution in [0.4, 0.5) is 0 Å². The van der Waals surface area contributed by atoms with Crippen LogP contribution in [0.5, 0.6) is 0 Å². The predicted octanol–water partition coefficient (Wildman–Crippen LogP) is 2.33. The van der Waals surface area contributed by atoms with Crippen molar-refractivity contribution in [3.63, 3.8) is 0 Å². The number of aromatic nitrogens is 1. The van der Waals surface area contributed by atoms with E-state index >= 15 is 0 Å². The minimum atomic E-state index is -0.140. The summed E-state index contributed by atoms with van der Waals surface area (Å²) in [5.74, 6) is 0.895. The Morgan fingerprint density at radius 2 is 2.53 bits per heavy atom. The molecule has 0 radical (unpaired) electrons. The van der Waals surface area contributed by atoms with Crippen LogP contribution in [0, 0.1) is 6.92 Å². The number of amides is 1. The Morgan fingerprint density at radius 3 is 3.18 bits per heavy atom. The van der Waals surface area contributed by atoms with Gasteiger partial charge in [0.2, 0.25) is 0 Å². The van der Waals surface area contributed by atoms with Crippen molar-refractivity contribution in [2.75, 3.05) is 0 Å². The van der Waals surface area contributed by atoms with Crippen LogP contribution in [-0.2, 0) is 0 Å². The SMILES string of the molecule is Cc1ocnc1C(=O)N[C@@H]1C[C@H]1c1ccsc1. The zero-order chi connectivity index (χ0) is 11.8. The highest BCUT2D eigenvalue weighted by Crippen LogP contribution is 2.41. The van der Waals surface area contributed by atoms with E-state index in [2.05, 4.69) is 27.1 Å². The minimum absolute atomic E-state index is 0.140. The van der Waals surface area contributed by atoms with Gasteiger partial charge in [0.05, 0.1) is 0 Å². The number of nitrogens with one attached hydrogen (secondary N) is 1. The van der Waals surface area contributed by atoms with Crippen molar-refractivity contribution in [3.05, 3.63) is 40.2 Å². The molecule has 3 rings (SSSR count).